The highest BCUT2D eigenvalue weighted by atomic mass is 32.2. The van der Waals surface area contributed by atoms with E-state index in [1.807, 2.05) is 0 Å². The second-order valence-electron chi connectivity index (χ2n) is 7.26. The normalized spacial score (nSPS) is 21.0. The third kappa shape index (κ3) is 4.80. The average molecular weight is 397 g/mol. The van der Waals surface area contributed by atoms with Crippen molar-refractivity contribution >= 4 is 15.9 Å². The zero-order valence-electron chi connectivity index (χ0n) is 16.0. The summed E-state index contributed by atoms with van der Waals surface area (Å²) in [5.74, 6) is 0.963. The molecular weight excluding hydrogens is 368 g/mol. The Bertz CT molecular complexity index is 736. The van der Waals surface area contributed by atoms with Crippen LogP contribution in [0.1, 0.15) is 26.7 Å². The molecule has 2 aliphatic rings. The highest BCUT2D eigenvalue weighted by Gasteiger charge is 2.28. The first-order valence-corrected chi connectivity index (χ1v) is 11.0. The third-order valence-electron chi connectivity index (χ3n) is 5.19. The highest BCUT2D eigenvalue weighted by Crippen LogP contribution is 2.25. The van der Waals surface area contributed by atoms with E-state index in [0.29, 0.717) is 51.1 Å². The van der Waals surface area contributed by atoms with Crippen molar-refractivity contribution in [3.05, 3.63) is 24.3 Å². The van der Waals surface area contributed by atoms with Crippen LogP contribution in [0, 0.1) is 5.92 Å². The Labute approximate surface area is 161 Å². The van der Waals surface area contributed by atoms with Crippen LogP contribution in [-0.2, 0) is 19.6 Å². The van der Waals surface area contributed by atoms with Crippen LogP contribution in [0.2, 0.25) is 0 Å². The molecule has 2 saturated heterocycles. The lowest BCUT2D eigenvalue weighted by molar-refractivity contribution is -0.142. The fraction of sp³-hybridized carbons (Fsp3) is 0.632. The molecule has 7 nitrogen and oxygen atoms in total. The fourth-order valence-corrected chi connectivity index (χ4v) is 4.83. The van der Waals surface area contributed by atoms with E-state index < -0.39 is 16.1 Å². The standard InChI is InChI=1S/C19H28N2O5S/c1-15-7-9-21(10-8-15)27(23,24)18-5-3-17(4-6-18)26-16(2)19(22)20-11-13-25-14-12-20/h3-6,15-16H,7-14H2,1-2H3/t16-/m0/s1. The van der Waals surface area contributed by atoms with E-state index in [0.717, 1.165) is 12.8 Å². The number of rotatable bonds is 5. The second kappa shape index (κ2) is 8.58. The molecule has 0 aliphatic carbocycles. The van der Waals surface area contributed by atoms with Crippen LogP contribution in [0.4, 0.5) is 0 Å². The Morgan fingerprint density at radius 2 is 1.70 bits per heavy atom. The first-order valence-electron chi connectivity index (χ1n) is 9.51. The number of sulfonamides is 1. The monoisotopic (exact) mass is 396 g/mol. The molecule has 2 fully saturated rings. The second-order valence-corrected chi connectivity index (χ2v) is 9.19. The Hall–Kier alpha value is -1.64. The fourth-order valence-electron chi connectivity index (χ4n) is 3.36. The number of piperidine rings is 1. The van der Waals surface area contributed by atoms with Crippen molar-refractivity contribution < 1.29 is 22.7 Å². The number of hydrogen-bond donors (Lipinski definition) is 0. The van der Waals surface area contributed by atoms with Crippen LogP contribution in [0.15, 0.2) is 29.2 Å². The zero-order chi connectivity index (χ0) is 19.4. The van der Waals surface area contributed by atoms with Crippen LogP contribution in [-0.4, -0.2) is 69.0 Å². The van der Waals surface area contributed by atoms with Gasteiger partial charge in [-0.1, -0.05) is 6.92 Å². The van der Waals surface area contributed by atoms with E-state index in [-0.39, 0.29) is 10.8 Å². The number of carbonyl (C=O) groups is 1. The summed E-state index contributed by atoms with van der Waals surface area (Å²) in [6.45, 7) is 7.20. The molecule has 1 amide bonds. The highest BCUT2D eigenvalue weighted by molar-refractivity contribution is 7.89. The van der Waals surface area contributed by atoms with E-state index in [4.69, 9.17) is 9.47 Å². The third-order valence-corrected chi connectivity index (χ3v) is 7.10. The van der Waals surface area contributed by atoms with Gasteiger partial charge in [-0.25, -0.2) is 8.42 Å². The average Bonchev–Trinajstić information content (AvgIpc) is 2.69. The van der Waals surface area contributed by atoms with E-state index in [1.165, 1.54) is 0 Å². The van der Waals surface area contributed by atoms with Gasteiger partial charge in [0.05, 0.1) is 18.1 Å². The zero-order valence-corrected chi connectivity index (χ0v) is 16.8. The minimum absolute atomic E-state index is 0.0857. The molecule has 1 atom stereocenters. The smallest absolute Gasteiger partial charge is 0.263 e. The SMILES string of the molecule is CC1CCN(S(=O)(=O)c2ccc(O[C@@H](C)C(=O)N3CCOCC3)cc2)CC1. The Balaban J connectivity index is 1.62. The molecule has 1 aromatic rings. The maximum absolute atomic E-state index is 12.8. The van der Waals surface area contributed by atoms with Gasteiger partial charge in [0, 0.05) is 26.2 Å². The first kappa shape index (κ1) is 20.1. The molecule has 0 bridgehead atoms. The van der Waals surface area contributed by atoms with Gasteiger partial charge in [-0.3, -0.25) is 4.79 Å². The molecule has 27 heavy (non-hydrogen) atoms. The summed E-state index contributed by atoms with van der Waals surface area (Å²) in [5, 5.41) is 0. The lowest BCUT2D eigenvalue weighted by atomic mass is 10.0. The van der Waals surface area contributed by atoms with E-state index in [9.17, 15) is 13.2 Å². The molecule has 0 saturated carbocycles. The van der Waals surface area contributed by atoms with E-state index >= 15 is 0 Å². The number of ether oxygens (including phenoxy) is 2. The molecule has 1 aromatic carbocycles. The summed E-state index contributed by atoms with van der Waals surface area (Å²) in [7, 11) is -3.48. The van der Waals surface area contributed by atoms with Crippen molar-refractivity contribution in [2.45, 2.75) is 37.7 Å². The van der Waals surface area contributed by atoms with Crippen LogP contribution in [0.3, 0.4) is 0 Å². The van der Waals surface area contributed by atoms with Crippen LogP contribution in [0.5, 0.6) is 5.75 Å². The lowest BCUT2D eigenvalue weighted by Gasteiger charge is -2.30. The maximum Gasteiger partial charge on any atom is 0.263 e. The van der Waals surface area contributed by atoms with Crippen molar-refractivity contribution in [2.75, 3.05) is 39.4 Å². The van der Waals surface area contributed by atoms with Crippen molar-refractivity contribution in [3.63, 3.8) is 0 Å². The topological polar surface area (TPSA) is 76.2 Å². The molecule has 0 aromatic heterocycles. The van der Waals surface area contributed by atoms with Gasteiger partial charge in [0.15, 0.2) is 6.10 Å². The molecule has 2 heterocycles. The van der Waals surface area contributed by atoms with Gasteiger partial charge in [0.2, 0.25) is 10.0 Å². The number of nitrogens with zero attached hydrogens (tertiary/aromatic N) is 2. The molecule has 0 unspecified atom stereocenters. The van der Waals surface area contributed by atoms with Crippen LogP contribution < -0.4 is 4.74 Å². The summed E-state index contributed by atoms with van der Waals surface area (Å²) < 4.78 is 38.0. The number of hydrogen-bond acceptors (Lipinski definition) is 5. The summed E-state index contributed by atoms with van der Waals surface area (Å²) in [5.41, 5.74) is 0. The van der Waals surface area contributed by atoms with Gasteiger partial charge < -0.3 is 14.4 Å². The minimum atomic E-state index is -3.48. The Morgan fingerprint density at radius 1 is 1.11 bits per heavy atom. The quantitative estimate of drug-likeness (QED) is 0.758. The summed E-state index contributed by atoms with van der Waals surface area (Å²) in [6, 6.07) is 6.33. The van der Waals surface area contributed by atoms with Gasteiger partial charge in [-0.15, -0.1) is 0 Å². The molecule has 2 aliphatic heterocycles. The van der Waals surface area contributed by atoms with E-state index in [2.05, 4.69) is 6.92 Å². The lowest BCUT2D eigenvalue weighted by Crippen LogP contribution is -2.46. The number of morpholine rings is 1. The van der Waals surface area contributed by atoms with Crippen molar-refractivity contribution in [3.8, 4) is 5.75 Å². The summed E-state index contributed by atoms with van der Waals surface area (Å²) in [4.78, 5) is 14.4. The van der Waals surface area contributed by atoms with Crippen molar-refractivity contribution in [2.24, 2.45) is 5.92 Å². The predicted molar refractivity (Wildman–Crippen MR) is 101 cm³/mol. The largest absolute Gasteiger partial charge is 0.481 e. The summed E-state index contributed by atoms with van der Waals surface area (Å²) in [6.07, 6.45) is 1.15. The van der Waals surface area contributed by atoms with Crippen LogP contribution in [0.25, 0.3) is 0 Å². The number of amides is 1. The number of carbonyl (C=O) groups excluding carboxylic acids is 1. The van der Waals surface area contributed by atoms with Crippen molar-refractivity contribution in [1.29, 1.82) is 0 Å². The van der Waals surface area contributed by atoms with Gasteiger partial charge >= 0.3 is 0 Å². The first-order chi connectivity index (χ1) is 12.9. The molecular formula is C19H28N2O5S. The predicted octanol–water partition coefficient (Wildman–Crippen LogP) is 1.73. The summed E-state index contributed by atoms with van der Waals surface area (Å²) >= 11 is 0. The molecule has 3 rings (SSSR count). The molecule has 8 heteroatoms. The molecule has 0 radical (unpaired) electrons. The van der Waals surface area contributed by atoms with Gasteiger partial charge in [0.25, 0.3) is 5.91 Å². The Kier molecular flexibility index (Phi) is 6.39. The van der Waals surface area contributed by atoms with Crippen LogP contribution >= 0.6 is 0 Å². The van der Waals surface area contributed by atoms with Gasteiger partial charge in [-0.2, -0.15) is 4.31 Å². The van der Waals surface area contributed by atoms with Crippen molar-refractivity contribution in [1.82, 2.24) is 9.21 Å². The molecule has 150 valence electrons. The van der Waals surface area contributed by atoms with Gasteiger partial charge in [-0.05, 0) is 49.9 Å². The molecule has 0 N–H and O–H groups in total. The van der Waals surface area contributed by atoms with E-state index in [1.54, 1.807) is 40.4 Å². The Morgan fingerprint density at radius 3 is 2.30 bits per heavy atom. The molecule has 0 spiro atoms. The van der Waals surface area contributed by atoms with Gasteiger partial charge in [0.1, 0.15) is 5.75 Å². The number of benzene rings is 1. The minimum Gasteiger partial charge on any atom is -0.481 e. The maximum atomic E-state index is 12.8.